The summed E-state index contributed by atoms with van der Waals surface area (Å²) in [4.78, 5) is 39.6. The van der Waals surface area contributed by atoms with E-state index >= 15 is 0 Å². The fourth-order valence-corrected chi connectivity index (χ4v) is 2.80. The predicted octanol–water partition coefficient (Wildman–Crippen LogP) is 2.33. The maximum absolute atomic E-state index is 12.1. The number of carboxylic acids is 1. The Balaban J connectivity index is 2.10. The Hall–Kier alpha value is -2.30. The lowest BCUT2D eigenvalue weighted by atomic mass is 9.72. The molecule has 2 rings (SSSR count). The van der Waals surface area contributed by atoms with Crippen LogP contribution in [0.1, 0.15) is 32.3 Å². The summed E-state index contributed by atoms with van der Waals surface area (Å²) in [6, 6.07) is 8.16. The van der Waals surface area contributed by atoms with Gasteiger partial charge in [-0.2, -0.15) is 0 Å². The monoisotopic (exact) mass is 315 g/mol. The van der Waals surface area contributed by atoms with Crippen LogP contribution in [-0.4, -0.2) is 34.9 Å². The van der Waals surface area contributed by atoms with Gasteiger partial charge in [-0.15, -0.1) is 0 Å². The Labute approximate surface area is 135 Å². The molecular weight excluding hydrogens is 294 g/mol. The van der Waals surface area contributed by atoms with Gasteiger partial charge in [-0.05, 0) is 11.0 Å². The molecule has 1 aliphatic carbocycles. The minimum atomic E-state index is -1.07. The molecule has 0 radical (unpaired) electrons. The van der Waals surface area contributed by atoms with Crippen LogP contribution in [0.5, 0.6) is 0 Å². The Morgan fingerprint density at radius 3 is 2.35 bits per heavy atom. The second-order valence-corrected chi connectivity index (χ2v) is 6.77. The first-order valence-electron chi connectivity index (χ1n) is 7.64. The summed E-state index contributed by atoms with van der Waals surface area (Å²) in [5, 5.41) is 9.30. The molecule has 1 saturated carbocycles. The number of Topliss-reactive ketones (excluding diaryl/α,β-unsaturated/α-hetero) is 2. The van der Waals surface area contributed by atoms with Crippen LogP contribution in [0, 0.1) is 11.3 Å². The third kappa shape index (κ3) is 4.58. The normalized spacial score (nSPS) is 19.9. The predicted molar refractivity (Wildman–Crippen MR) is 86.6 cm³/mol. The van der Waals surface area contributed by atoms with Gasteiger partial charge in [0.25, 0.3) is 0 Å². The highest BCUT2D eigenvalue weighted by Crippen LogP contribution is 2.33. The molecule has 1 N–H and O–H groups in total. The number of benzene rings is 1. The SMILES string of the molecule is CC1(C)CC(=O)C(C=N[C@H](Cc2ccccc2)C(=O)O)C(=O)C1. The van der Waals surface area contributed by atoms with Crippen LogP contribution in [0.25, 0.3) is 0 Å². The van der Waals surface area contributed by atoms with E-state index in [1.807, 2.05) is 44.2 Å². The van der Waals surface area contributed by atoms with E-state index in [4.69, 9.17) is 0 Å². The van der Waals surface area contributed by atoms with Crippen LogP contribution in [0.2, 0.25) is 0 Å². The molecule has 122 valence electrons. The second-order valence-electron chi connectivity index (χ2n) is 6.77. The third-order valence-corrected chi connectivity index (χ3v) is 3.97. The van der Waals surface area contributed by atoms with E-state index in [1.165, 1.54) is 6.21 Å². The van der Waals surface area contributed by atoms with E-state index in [0.717, 1.165) is 5.56 Å². The number of carboxylic acid groups (broad SMARTS) is 1. The molecule has 0 saturated heterocycles. The van der Waals surface area contributed by atoms with Crippen LogP contribution in [0.3, 0.4) is 0 Å². The molecule has 1 atom stereocenters. The molecule has 0 unspecified atom stereocenters. The van der Waals surface area contributed by atoms with Gasteiger partial charge in [0.2, 0.25) is 0 Å². The van der Waals surface area contributed by atoms with E-state index < -0.39 is 17.9 Å². The minimum Gasteiger partial charge on any atom is -0.480 e. The number of rotatable bonds is 5. The maximum atomic E-state index is 12.1. The molecule has 1 aliphatic rings. The van der Waals surface area contributed by atoms with Crippen molar-refractivity contribution in [1.29, 1.82) is 0 Å². The number of hydrogen-bond donors (Lipinski definition) is 1. The summed E-state index contributed by atoms with van der Waals surface area (Å²) in [7, 11) is 0. The van der Waals surface area contributed by atoms with E-state index in [9.17, 15) is 19.5 Å². The van der Waals surface area contributed by atoms with E-state index in [1.54, 1.807) is 0 Å². The molecular formula is C18H21NO4. The highest BCUT2D eigenvalue weighted by Gasteiger charge is 2.38. The Morgan fingerprint density at radius 1 is 1.26 bits per heavy atom. The van der Waals surface area contributed by atoms with Crippen molar-refractivity contribution in [2.24, 2.45) is 16.3 Å². The number of hydrogen-bond acceptors (Lipinski definition) is 4. The highest BCUT2D eigenvalue weighted by atomic mass is 16.4. The first-order chi connectivity index (χ1) is 10.8. The van der Waals surface area contributed by atoms with Gasteiger partial charge in [0.15, 0.2) is 6.04 Å². The summed E-state index contributed by atoms with van der Waals surface area (Å²) in [5.41, 5.74) is 0.522. The Bertz CT molecular complexity index is 614. The molecule has 0 amide bonds. The molecule has 0 spiro atoms. The summed E-state index contributed by atoms with van der Waals surface area (Å²) in [6.45, 7) is 3.76. The summed E-state index contributed by atoms with van der Waals surface area (Å²) >= 11 is 0. The maximum Gasteiger partial charge on any atom is 0.328 e. The molecule has 5 heteroatoms. The first-order valence-corrected chi connectivity index (χ1v) is 7.64. The second kappa shape index (κ2) is 6.86. The molecule has 5 nitrogen and oxygen atoms in total. The summed E-state index contributed by atoms with van der Waals surface area (Å²) in [6.07, 6.45) is 2.09. The number of carbonyl (C=O) groups excluding carboxylic acids is 2. The van der Waals surface area contributed by atoms with Gasteiger partial charge in [-0.1, -0.05) is 44.2 Å². The van der Waals surface area contributed by atoms with E-state index in [2.05, 4.69) is 4.99 Å². The van der Waals surface area contributed by atoms with E-state index in [-0.39, 0.29) is 23.4 Å². The lowest BCUT2D eigenvalue weighted by molar-refractivity contribution is -0.139. The Morgan fingerprint density at radius 2 is 1.83 bits per heavy atom. The standard InChI is InChI=1S/C18H21NO4/c1-18(2)9-15(20)13(16(21)10-18)11-19-14(17(22)23)8-12-6-4-3-5-7-12/h3-7,11,13-14H,8-10H2,1-2H3,(H,22,23)/t14-/m1/s1. The third-order valence-electron chi connectivity index (χ3n) is 3.97. The largest absolute Gasteiger partial charge is 0.480 e. The lowest BCUT2D eigenvalue weighted by Crippen LogP contribution is -2.38. The molecule has 0 bridgehead atoms. The first kappa shape index (κ1) is 17.1. The van der Waals surface area contributed by atoms with Gasteiger partial charge in [-0.3, -0.25) is 14.6 Å². The zero-order valence-electron chi connectivity index (χ0n) is 13.4. The van der Waals surface area contributed by atoms with Crippen molar-refractivity contribution in [3.05, 3.63) is 35.9 Å². The topological polar surface area (TPSA) is 83.8 Å². The van der Waals surface area contributed by atoms with E-state index in [0.29, 0.717) is 12.8 Å². The van der Waals surface area contributed by atoms with Gasteiger partial charge in [-0.25, -0.2) is 4.79 Å². The average Bonchev–Trinajstić information content (AvgIpc) is 2.44. The van der Waals surface area contributed by atoms with Gasteiger partial charge >= 0.3 is 5.97 Å². The number of ketones is 2. The summed E-state index contributed by atoms with van der Waals surface area (Å²) in [5.74, 6) is -2.33. The minimum absolute atomic E-state index is 0.182. The fourth-order valence-electron chi connectivity index (χ4n) is 2.80. The average molecular weight is 315 g/mol. The van der Waals surface area contributed by atoms with Crippen molar-refractivity contribution in [3.8, 4) is 0 Å². The number of aliphatic carboxylic acids is 1. The fraction of sp³-hybridized carbons (Fsp3) is 0.444. The zero-order valence-corrected chi connectivity index (χ0v) is 13.4. The van der Waals surface area contributed by atoms with Gasteiger partial charge in [0, 0.05) is 25.5 Å². The molecule has 1 fully saturated rings. The van der Waals surface area contributed by atoms with Crippen molar-refractivity contribution in [1.82, 2.24) is 0 Å². The number of carbonyl (C=O) groups is 3. The van der Waals surface area contributed by atoms with Crippen molar-refractivity contribution >= 4 is 23.8 Å². The highest BCUT2D eigenvalue weighted by molar-refractivity contribution is 6.16. The quantitative estimate of drug-likeness (QED) is 0.667. The van der Waals surface area contributed by atoms with Gasteiger partial charge in [0.1, 0.15) is 17.5 Å². The van der Waals surface area contributed by atoms with Crippen LogP contribution in [-0.2, 0) is 20.8 Å². The van der Waals surface area contributed by atoms with Crippen molar-refractivity contribution in [2.75, 3.05) is 0 Å². The van der Waals surface area contributed by atoms with Crippen molar-refractivity contribution in [3.63, 3.8) is 0 Å². The van der Waals surface area contributed by atoms with Crippen LogP contribution >= 0.6 is 0 Å². The van der Waals surface area contributed by atoms with Crippen LogP contribution < -0.4 is 0 Å². The zero-order chi connectivity index (χ0) is 17.0. The lowest BCUT2D eigenvalue weighted by Gasteiger charge is -2.30. The Kier molecular flexibility index (Phi) is 5.08. The molecule has 1 aromatic carbocycles. The van der Waals surface area contributed by atoms with Crippen molar-refractivity contribution in [2.45, 2.75) is 39.2 Å². The van der Waals surface area contributed by atoms with Crippen molar-refractivity contribution < 1.29 is 19.5 Å². The molecule has 1 aromatic rings. The smallest absolute Gasteiger partial charge is 0.328 e. The van der Waals surface area contributed by atoms with Crippen LogP contribution in [0.4, 0.5) is 0 Å². The number of aliphatic imine (C=N–C) groups is 1. The van der Waals surface area contributed by atoms with Gasteiger partial charge < -0.3 is 5.11 Å². The van der Waals surface area contributed by atoms with Gasteiger partial charge in [0.05, 0.1) is 0 Å². The molecule has 23 heavy (non-hydrogen) atoms. The number of nitrogens with zero attached hydrogens (tertiary/aromatic N) is 1. The molecule has 0 aliphatic heterocycles. The molecule has 0 heterocycles. The van der Waals surface area contributed by atoms with Crippen LogP contribution in [0.15, 0.2) is 35.3 Å². The summed E-state index contributed by atoms with van der Waals surface area (Å²) < 4.78 is 0. The molecule has 0 aromatic heterocycles.